The van der Waals surface area contributed by atoms with Gasteiger partial charge in [-0.15, -0.1) is 17.9 Å². The number of aliphatic hydroxyl groups excluding tert-OH is 1. The zero-order valence-corrected chi connectivity index (χ0v) is 11.2. The Labute approximate surface area is 113 Å². The zero-order chi connectivity index (χ0) is 13.4. The molecule has 3 heterocycles. The summed E-state index contributed by atoms with van der Waals surface area (Å²) in [4.78, 5) is 5.47. The highest BCUT2D eigenvalue weighted by molar-refractivity contribution is 7.16. The lowest BCUT2D eigenvalue weighted by molar-refractivity contribution is 0.220. The SMILES string of the molecule is C=CC(O)Cc1noc(-c2cc3ccsc3n2C)n1. The summed E-state index contributed by atoms with van der Waals surface area (Å²) in [6.45, 7) is 3.52. The van der Waals surface area contributed by atoms with E-state index in [-0.39, 0.29) is 0 Å². The Kier molecular flexibility index (Phi) is 2.96. The van der Waals surface area contributed by atoms with E-state index in [0.29, 0.717) is 18.1 Å². The predicted octanol–water partition coefficient (Wildman–Crippen LogP) is 2.38. The monoisotopic (exact) mass is 275 g/mol. The van der Waals surface area contributed by atoms with Crippen LogP contribution in [0.2, 0.25) is 0 Å². The number of fused-ring (bicyclic) bond motifs is 1. The van der Waals surface area contributed by atoms with Gasteiger partial charge < -0.3 is 14.2 Å². The van der Waals surface area contributed by atoms with Crippen molar-refractivity contribution in [3.63, 3.8) is 0 Å². The molecule has 0 saturated carbocycles. The van der Waals surface area contributed by atoms with Gasteiger partial charge in [0, 0.05) is 18.9 Å². The van der Waals surface area contributed by atoms with E-state index in [1.54, 1.807) is 11.3 Å². The van der Waals surface area contributed by atoms with Crippen molar-refractivity contribution in [1.29, 1.82) is 0 Å². The van der Waals surface area contributed by atoms with E-state index < -0.39 is 6.10 Å². The highest BCUT2D eigenvalue weighted by atomic mass is 32.1. The number of nitrogens with zero attached hydrogens (tertiary/aromatic N) is 3. The van der Waals surface area contributed by atoms with Crippen LogP contribution in [0.4, 0.5) is 0 Å². The molecule has 0 spiro atoms. The Balaban J connectivity index is 1.95. The van der Waals surface area contributed by atoms with Crippen molar-refractivity contribution in [2.75, 3.05) is 0 Å². The van der Waals surface area contributed by atoms with Crippen LogP contribution in [0.1, 0.15) is 5.82 Å². The standard InChI is InChI=1S/C13H13N3O2S/c1-3-9(17)7-11-14-12(18-15-11)10-6-8-4-5-19-13(8)16(10)2/h3-6,9,17H,1,7H2,2H3. The summed E-state index contributed by atoms with van der Waals surface area (Å²) in [5, 5.41) is 16.6. The minimum atomic E-state index is -0.651. The second kappa shape index (κ2) is 4.64. The summed E-state index contributed by atoms with van der Waals surface area (Å²) < 4.78 is 7.28. The first-order valence-corrected chi connectivity index (χ1v) is 6.73. The highest BCUT2D eigenvalue weighted by Gasteiger charge is 2.16. The van der Waals surface area contributed by atoms with Crippen LogP contribution in [0, 0.1) is 0 Å². The quantitative estimate of drug-likeness (QED) is 0.742. The lowest BCUT2D eigenvalue weighted by atomic mass is 10.2. The summed E-state index contributed by atoms with van der Waals surface area (Å²) in [6, 6.07) is 4.08. The number of aliphatic hydroxyl groups is 1. The molecule has 0 saturated heterocycles. The number of hydrogen-bond acceptors (Lipinski definition) is 5. The molecular formula is C13H13N3O2S. The molecule has 0 amide bonds. The number of hydrogen-bond donors (Lipinski definition) is 1. The Morgan fingerprint density at radius 3 is 3.21 bits per heavy atom. The smallest absolute Gasteiger partial charge is 0.274 e. The van der Waals surface area contributed by atoms with E-state index in [4.69, 9.17) is 4.52 Å². The average molecular weight is 275 g/mol. The average Bonchev–Trinajstić information content (AvgIpc) is 3.07. The molecule has 98 valence electrons. The van der Waals surface area contributed by atoms with Crippen molar-refractivity contribution in [1.82, 2.24) is 14.7 Å². The zero-order valence-electron chi connectivity index (χ0n) is 10.4. The lowest BCUT2D eigenvalue weighted by Crippen LogP contribution is -2.07. The van der Waals surface area contributed by atoms with Crippen molar-refractivity contribution in [3.8, 4) is 11.6 Å². The van der Waals surface area contributed by atoms with E-state index in [1.165, 1.54) is 10.9 Å². The first-order chi connectivity index (χ1) is 9.19. The van der Waals surface area contributed by atoms with Gasteiger partial charge in [-0.05, 0) is 17.5 Å². The van der Waals surface area contributed by atoms with Gasteiger partial charge in [0.2, 0.25) is 0 Å². The summed E-state index contributed by atoms with van der Waals surface area (Å²) in [7, 11) is 1.97. The fourth-order valence-corrected chi connectivity index (χ4v) is 2.83. The van der Waals surface area contributed by atoms with Crippen molar-refractivity contribution in [2.24, 2.45) is 7.05 Å². The van der Waals surface area contributed by atoms with Crippen LogP contribution in [0.15, 0.2) is 34.7 Å². The lowest BCUT2D eigenvalue weighted by Gasteiger charge is -1.98. The molecule has 1 unspecified atom stereocenters. The third-order valence-electron chi connectivity index (χ3n) is 2.98. The van der Waals surface area contributed by atoms with E-state index in [9.17, 15) is 5.11 Å². The molecule has 1 N–H and O–H groups in total. The van der Waals surface area contributed by atoms with E-state index in [1.807, 2.05) is 23.1 Å². The summed E-state index contributed by atoms with van der Waals surface area (Å²) in [6.07, 6.45) is 1.11. The van der Waals surface area contributed by atoms with Crippen molar-refractivity contribution in [2.45, 2.75) is 12.5 Å². The third-order valence-corrected chi connectivity index (χ3v) is 3.99. The summed E-state index contributed by atoms with van der Waals surface area (Å²) in [5.74, 6) is 0.948. The molecule has 19 heavy (non-hydrogen) atoms. The van der Waals surface area contributed by atoms with Crippen molar-refractivity contribution in [3.05, 3.63) is 36.0 Å². The minimum absolute atomic E-state index is 0.311. The molecule has 6 heteroatoms. The Morgan fingerprint density at radius 2 is 2.47 bits per heavy atom. The van der Waals surface area contributed by atoms with Crippen LogP contribution < -0.4 is 0 Å². The number of aromatic nitrogens is 3. The molecule has 3 rings (SSSR count). The molecule has 0 radical (unpaired) electrons. The molecule has 1 atom stereocenters. The first kappa shape index (κ1) is 12.1. The molecule has 0 bridgehead atoms. The van der Waals surface area contributed by atoms with Gasteiger partial charge in [-0.2, -0.15) is 4.98 Å². The Bertz CT molecular complexity index is 725. The molecule has 0 aliphatic rings. The van der Waals surface area contributed by atoms with E-state index >= 15 is 0 Å². The third kappa shape index (κ3) is 2.09. The Hall–Kier alpha value is -1.92. The van der Waals surface area contributed by atoms with Gasteiger partial charge in [0.25, 0.3) is 5.89 Å². The van der Waals surface area contributed by atoms with Gasteiger partial charge in [0.1, 0.15) is 10.5 Å². The Morgan fingerprint density at radius 1 is 1.63 bits per heavy atom. The highest BCUT2D eigenvalue weighted by Crippen LogP contribution is 2.29. The van der Waals surface area contributed by atoms with Crippen LogP contribution in [0.5, 0.6) is 0 Å². The first-order valence-electron chi connectivity index (χ1n) is 5.85. The van der Waals surface area contributed by atoms with E-state index in [0.717, 1.165) is 11.1 Å². The largest absolute Gasteiger partial charge is 0.389 e. The number of thiophene rings is 1. The van der Waals surface area contributed by atoms with Crippen LogP contribution >= 0.6 is 11.3 Å². The maximum atomic E-state index is 9.48. The molecule has 3 aromatic heterocycles. The molecule has 0 aliphatic heterocycles. The van der Waals surface area contributed by atoms with Crippen LogP contribution in [0.3, 0.4) is 0 Å². The fourth-order valence-electron chi connectivity index (χ4n) is 1.96. The van der Waals surface area contributed by atoms with Crippen LogP contribution in [0.25, 0.3) is 21.8 Å². The molecule has 3 aromatic rings. The molecule has 0 aromatic carbocycles. The summed E-state index contributed by atoms with van der Waals surface area (Å²) in [5.41, 5.74) is 0.883. The molecule has 5 nitrogen and oxygen atoms in total. The summed E-state index contributed by atoms with van der Waals surface area (Å²) >= 11 is 1.67. The second-order valence-corrected chi connectivity index (χ2v) is 5.19. The predicted molar refractivity (Wildman–Crippen MR) is 74.0 cm³/mol. The van der Waals surface area contributed by atoms with Gasteiger partial charge in [-0.25, -0.2) is 0 Å². The maximum Gasteiger partial charge on any atom is 0.274 e. The maximum absolute atomic E-state index is 9.48. The van der Waals surface area contributed by atoms with Gasteiger partial charge in [0.05, 0.1) is 6.10 Å². The normalized spacial score (nSPS) is 12.9. The van der Waals surface area contributed by atoms with Gasteiger partial charge in [-0.3, -0.25) is 0 Å². The van der Waals surface area contributed by atoms with Crippen LogP contribution in [-0.4, -0.2) is 25.9 Å². The van der Waals surface area contributed by atoms with Gasteiger partial charge in [-0.1, -0.05) is 11.2 Å². The van der Waals surface area contributed by atoms with Gasteiger partial charge in [0.15, 0.2) is 5.82 Å². The van der Waals surface area contributed by atoms with E-state index in [2.05, 4.69) is 22.8 Å². The number of aryl methyl sites for hydroxylation is 1. The van der Waals surface area contributed by atoms with Crippen molar-refractivity contribution < 1.29 is 9.63 Å². The minimum Gasteiger partial charge on any atom is -0.389 e. The van der Waals surface area contributed by atoms with Crippen LogP contribution in [-0.2, 0) is 13.5 Å². The topological polar surface area (TPSA) is 64.1 Å². The van der Waals surface area contributed by atoms with Crippen molar-refractivity contribution >= 4 is 21.6 Å². The fraction of sp³-hybridized carbons (Fsp3) is 0.231. The number of rotatable bonds is 4. The molecule has 0 aliphatic carbocycles. The molecular weight excluding hydrogens is 262 g/mol. The molecule has 0 fully saturated rings. The van der Waals surface area contributed by atoms with Gasteiger partial charge >= 0.3 is 0 Å². The second-order valence-electron chi connectivity index (χ2n) is 4.29.